The van der Waals surface area contributed by atoms with Gasteiger partial charge in [0.25, 0.3) is 5.91 Å². The van der Waals surface area contributed by atoms with Gasteiger partial charge in [-0.3, -0.25) is 9.59 Å². The van der Waals surface area contributed by atoms with Gasteiger partial charge in [-0.05, 0) is 47.1 Å². The molecule has 0 saturated carbocycles. The highest BCUT2D eigenvalue weighted by Crippen LogP contribution is 2.33. The number of benzene rings is 2. The number of hydrogen-bond donors (Lipinski definition) is 0. The Morgan fingerprint density at radius 2 is 1.88 bits per heavy atom. The highest BCUT2D eigenvalue weighted by Gasteiger charge is 2.22. The maximum atomic E-state index is 12.6. The fourth-order valence-corrected chi connectivity index (χ4v) is 2.60. The third kappa shape index (κ3) is 3.94. The van der Waals surface area contributed by atoms with Crippen molar-refractivity contribution in [2.24, 2.45) is 0 Å². The van der Waals surface area contributed by atoms with E-state index in [1.54, 1.807) is 26.1 Å². The molecule has 0 aliphatic rings. The molecule has 0 fully saturated rings. The summed E-state index contributed by atoms with van der Waals surface area (Å²) < 4.78 is 11.6. The maximum Gasteiger partial charge on any atom is 0.267 e. The van der Waals surface area contributed by atoms with Gasteiger partial charge in [0, 0.05) is 22.8 Å². The fourth-order valence-electron chi connectivity index (χ4n) is 2.19. The second-order valence-electron chi connectivity index (χ2n) is 5.14. The van der Waals surface area contributed by atoms with Crippen LogP contribution in [0.1, 0.15) is 17.3 Å². The molecule has 5 nitrogen and oxygen atoms in total. The van der Waals surface area contributed by atoms with Crippen molar-refractivity contribution in [1.82, 2.24) is 0 Å². The SMILES string of the molecule is COc1cc(Br)c(C=O)cc1O[C@H](C)C(=O)N(C)c1ccccc1. The molecule has 1 atom stereocenters. The van der Waals surface area contributed by atoms with E-state index in [2.05, 4.69) is 15.9 Å². The number of carbonyl (C=O) groups is 2. The molecule has 2 aromatic rings. The second-order valence-corrected chi connectivity index (χ2v) is 5.99. The summed E-state index contributed by atoms with van der Waals surface area (Å²) in [6.07, 6.45) is -0.0383. The smallest absolute Gasteiger partial charge is 0.267 e. The summed E-state index contributed by atoms with van der Waals surface area (Å²) in [5, 5.41) is 0. The molecule has 2 rings (SSSR count). The molecule has 0 aliphatic carbocycles. The third-order valence-corrected chi connectivity index (χ3v) is 4.22. The molecule has 0 aromatic heterocycles. The van der Waals surface area contributed by atoms with E-state index in [1.165, 1.54) is 12.0 Å². The van der Waals surface area contributed by atoms with E-state index >= 15 is 0 Å². The van der Waals surface area contributed by atoms with Crippen molar-refractivity contribution in [2.75, 3.05) is 19.1 Å². The summed E-state index contributed by atoms with van der Waals surface area (Å²) in [5.74, 6) is 0.568. The van der Waals surface area contributed by atoms with Crippen molar-refractivity contribution in [1.29, 1.82) is 0 Å². The summed E-state index contributed by atoms with van der Waals surface area (Å²) in [6.45, 7) is 1.66. The monoisotopic (exact) mass is 391 g/mol. The Labute approximate surface area is 149 Å². The Bertz CT molecular complexity index is 733. The fraction of sp³-hybridized carbons (Fsp3) is 0.222. The number of halogens is 1. The summed E-state index contributed by atoms with van der Waals surface area (Å²) in [5.41, 5.74) is 1.19. The minimum absolute atomic E-state index is 0.209. The van der Waals surface area contributed by atoms with Gasteiger partial charge in [0.1, 0.15) is 0 Å². The van der Waals surface area contributed by atoms with Crippen LogP contribution in [0.2, 0.25) is 0 Å². The number of nitrogens with zero attached hydrogens (tertiary/aromatic N) is 1. The van der Waals surface area contributed by atoms with E-state index < -0.39 is 6.10 Å². The summed E-state index contributed by atoms with van der Waals surface area (Å²) in [4.78, 5) is 25.2. The Morgan fingerprint density at radius 1 is 1.21 bits per heavy atom. The van der Waals surface area contributed by atoms with Gasteiger partial charge in [-0.25, -0.2) is 0 Å². The average molecular weight is 392 g/mol. The maximum absolute atomic E-state index is 12.6. The molecule has 126 valence electrons. The quantitative estimate of drug-likeness (QED) is 0.704. The standard InChI is InChI=1S/C18H18BrNO4/c1-12(18(22)20(2)14-7-5-4-6-8-14)24-17-9-13(11-21)15(19)10-16(17)23-3/h4-12H,1-3H3/t12-/m1/s1. The molecular weight excluding hydrogens is 374 g/mol. The van der Waals surface area contributed by atoms with Crippen molar-refractivity contribution in [2.45, 2.75) is 13.0 Å². The van der Waals surface area contributed by atoms with Crippen LogP contribution in [-0.4, -0.2) is 32.5 Å². The summed E-state index contributed by atoms with van der Waals surface area (Å²) in [7, 11) is 3.19. The predicted octanol–water partition coefficient (Wildman–Crippen LogP) is 3.70. The molecule has 0 N–H and O–H groups in total. The topological polar surface area (TPSA) is 55.8 Å². The Balaban J connectivity index is 2.21. The number of rotatable bonds is 6. The van der Waals surface area contributed by atoms with Crippen LogP contribution in [0, 0.1) is 0 Å². The van der Waals surface area contributed by atoms with E-state index in [-0.39, 0.29) is 5.91 Å². The Morgan fingerprint density at radius 3 is 2.46 bits per heavy atom. The van der Waals surface area contributed by atoms with Crippen LogP contribution in [0.15, 0.2) is 46.9 Å². The van der Waals surface area contributed by atoms with E-state index in [4.69, 9.17) is 9.47 Å². The van der Waals surface area contributed by atoms with Crippen LogP contribution < -0.4 is 14.4 Å². The normalized spacial score (nSPS) is 11.5. The number of carbonyl (C=O) groups excluding carboxylic acids is 2. The van der Waals surface area contributed by atoms with Crippen LogP contribution >= 0.6 is 15.9 Å². The Hall–Kier alpha value is -2.34. The van der Waals surface area contributed by atoms with Crippen molar-refractivity contribution in [3.63, 3.8) is 0 Å². The van der Waals surface area contributed by atoms with Crippen LogP contribution in [0.25, 0.3) is 0 Å². The number of aldehydes is 1. The van der Waals surface area contributed by atoms with Crippen LogP contribution in [-0.2, 0) is 4.79 Å². The molecule has 0 heterocycles. The minimum atomic E-state index is -0.746. The van der Waals surface area contributed by atoms with Gasteiger partial charge in [-0.1, -0.05) is 18.2 Å². The van der Waals surface area contributed by atoms with Crippen molar-refractivity contribution < 1.29 is 19.1 Å². The van der Waals surface area contributed by atoms with Gasteiger partial charge in [0.15, 0.2) is 23.9 Å². The first kappa shape index (κ1) is 18.0. The lowest BCUT2D eigenvalue weighted by Gasteiger charge is -2.23. The third-order valence-electron chi connectivity index (χ3n) is 3.54. The van der Waals surface area contributed by atoms with Gasteiger partial charge < -0.3 is 14.4 Å². The number of amides is 1. The molecule has 6 heteroatoms. The number of methoxy groups -OCH3 is 1. The number of ether oxygens (including phenoxy) is 2. The van der Waals surface area contributed by atoms with Gasteiger partial charge >= 0.3 is 0 Å². The van der Waals surface area contributed by atoms with Gasteiger partial charge in [0.05, 0.1) is 7.11 Å². The molecule has 2 aromatic carbocycles. The first-order chi connectivity index (χ1) is 11.5. The lowest BCUT2D eigenvalue weighted by atomic mass is 10.2. The molecule has 0 unspecified atom stereocenters. The number of hydrogen-bond acceptors (Lipinski definition) is 4. The van der Waals surface area contributed by atoms with Crippen molar-refractivity contribution in [3.8, 4) is 11.5 Å². The summed E-state index contributed by atoms with van der Waals surface area (Å²) >= 11 is 3.29. The number of para-hydroxylation sites is 1. The van der Waals surface area contributed by atoms with Crippen LogP contribution in [0.3, 0.4) is 0 Å². The molecule has 0 aliphatic heterocycles. The summed E-state index contributed by atoms with van der Waals surface area (Å²) in [6, 6.07) is 12.5. The lowest BCUT2D eigenvalue weighted by Crippen LogP contribution is -2.38. The van der Waals surface area contributed by atoms with E-state index in [0.29, 0.717) is 27.8 Å². The zero-order valence-corrected chi connectivity index (χ0v) is 15.2. The van der Waals surface area contributed by atoms with Crippen LogP contribution in [0.4, 0.5) is 5.69 Å². The zero-order chi connectivity index (χ0) is 17.7. The molecule has 1 amide bonds. The molecule has 24 heavy (non-hydrogen) atoms. The minimum Gasteiger partial charge on any atom is -0.493 e. The molecule has 0 radical (unpaired) electrons. The van der Waals surface area contributed by atoms with E-state index in [9.17, 15) is 9.59 Å². The molecule has 0 spiro atoms. The highest BCUT2D eigenvalue weighted by molar-refractivity contribution is 9.10. The number of anilines is 1. The van der Waals surface area contributed by atoms with Gasteiger partial charge in [0.2, 0.25) is 0 Å². The molecule has 0 bridgehead atoms. The average Bonchev–Trinajstić information content (AvgIpc) is 2.62. The van der Waals surface area contributed by atoms with Gasteiger partial charge in [-0.2, -0.15) is 0 Å². The van der Waals surface area contributed by atoms with Gasteiger partial charge in [-0.15, -0.1) is 0 Å². The predicted molar refractivity (Wildman–Crippen MR) is 96.0 cm³/mol. The first-order valence-electron chi connectivity index (χ1n) is 7.30. The largest absolute Gasteiger partial charge is 0.493 e. The van der Waals surface area contributed by atoms with E-state index in [0.717, 1.165) is 5.69 Å². The molecular formula is C18H18BrNO4. The highest BCUT2D eigenvalue weighted by atomic mass is 79.9. The van der Waals surface area contributed by atoms with E-state index in [1.807, 2.05) is 30.3 Å². The zero-order valence-electron chi connectivity index (χ0n) is 13.7. The lowest BCUT2D eigenvalue weighted by molar-refractivity contribution is -0.124. The second kappa shape index (κ2) is 7.97. The Kier molecular flexibility index (Phi) is 5.98. The van der Waals surface area contributed by atoms with Crippen molar-refractivity contribution in [3.05, 3.63) is 52.5 Å². The first-order valence-corrected chi connectivity index (χ1v) is 8.09. The van der Waals surface area contributed by atoms with Crippen LogP contribution in [0.5, 0.6) is 11.5 Å². The number of likely N-dealkylation sites (N-methyl/N-ethyl adjacent to an activating group) is 1. The molecule has 0 saturated heterocycles. The van der Waals surface area contributed by atoms with Crippen molar-refractivity contribution >= 4 is 33.8 Å².